The molecule has 0 heterocycles. The van der Waals surface area contributed by atoms with Crippen LogP contribution in [0.4, 0.5) is 0 Å². The van der Waals surface area contributed by atoms with Gasteiger partial charge in [0, 0.05) is 19.3 Å². The van der Waals surface area contributed by atoms with Crippen LogP contribution in [0.1, 0.15) is 16.7 Å². The van der Waals surface area contributed by atoms with Gasteiger partial charge < -0.3 is 10.6 Å². The maximum absolute atomic E-state index is 12.0. The highest BCUT2D eigenvalue weighted by Gasteiger charge is 2.07. The van der Waals surface area contributed by atoms with Gasteiger partial charge in [0.25, 0.3) is 5.91 Å². The zero-order valence-electron chi connectivity index (χ0n) is 14.5. The Hall–Kier alpha value is -3.06. The van der Waals surface area contributed by atoms with Gasteiger partial charge in [-0.1, -0.05) is 54.6 Å². The first-order valence-electron chi connectivity index (χ1n) is 8.41. The van der Waals surface area contributed by atoms with Gasteiger partial charge in [0.15, 0.2) is 0 Å². The van der Waals surface area contributed by atoms with Gasteiger partial charge in [0.05, 0.1) is 0 Å². The largest absolute Gasteiger partial charge is 0.389 e. The topological polar surface area (TPSA) is 64.9 Å². The van der Waals surface area contributed by atoms with Crippen molar-refractivity contribution in [3.05, 3.63) is 83.1 Å². The van der Waals surface area contributed by atoms with Crippen LogP contribution >= 0.6 is 0 Å². The van der Waals surface area contributed by atoms with Crippen LogP contribution in [0.15, 0.2) is 66.4 Å². The van der Waals surface area contributed by atoms with E-state index in [1.54, 1.807) is 0 Å². The molecule has 128 valence electrons. The smallest absolute Gasteiger partial charge is 0.263 e. The number of nitrogens with zero attached hydrogens (tertiary/aromatic N) is 1. The van der Waals surface area contributed by atoms with Crippen molar-refractivity contribution < 1.29 is 4.79 Å². The third-order valence-corrected chi connectivity index (χ3v) is 3.95. The average Bonchev–Trinajstić information content (AvgIpc) is 2.64. The molecule has 0 aliphatic carbocycles. The van der Waals surface area contributed by atoms with Crippen molar-refractivity contribution in [3.63, 3.8) is 0 Å². The van der Waals surface area contributed by atoms with Gasteiger partial charge in [-0.15, -0.1) is 0 Å². The van der Waals surface area contributed by atoms with Crippen molar-refractivity contribution in [3.8, 4) is 6.07 Å². The number of hydrogen-bond donors (Lipinski definition) is 2. The molecule has 0 saturated carbocycles. The SMILES string of the molecule is Cc1ccccc1CCN/C=C(/C#N)C(=O)NCCc1ccccc1. The van der Waals surface area contributed by atoms with E-state index in [0.29, 0.717) is 13.1 Å². The van der Waals surface area contributed by atoms with Crippen LogP contribution in [-0.2, 0) is 17.6 Å². The summed E-state index contributed by atoms with van der Waals surface area (Å²) in [6.45, 7) is 3.25. The van der Waals surface area contributed by atoms with Crippen molar-refractivity contribution in [2.24, 2.45) is 0 Å². The Morgan fingerprint density at radius 1 is 1.04 bits per heavy atom. The first-order valence-corrected chi connectivity index (χ1v) is 8.41. The summed E-state index contributed by atoms with van der Waals surface area (Å²) in [5, 5.41) is 15.0. The Labute approximate surface area is 149 Å². The van der Waals surface area contributed by atoms with E-state index in [1.165, 1.54) is 17.3 Å². The zero-order chi connectivity index (χ0) is 17.9. The van der Waals surface area contributed by atoms with Gasteiger partial charge in [-0.05, 0) is 36.5 Å². The maximum atomic E-state index is 12.0. The summed E-state index contributed by atoms with van der Waals surface area (Å²) >= 11 is 0. The highest BCUT2D eigenvalue weighted by molar-refractivity contribution is 5.97. The van der Waals surface area contributed by atoms with Crippen molar-refractivity contribution in [2.75, 3.05) is 13.1 Å². The number of carbonyl (C=O) groups excluding carboxylic acids is 1. The Balaban J connectivity index is 1.76. The summed E-state index contributed by atoms with van der Waals surface area (Å²) in [6, 6.07) is 20.1. The highest BCUT2D eigenvalue weighted by Crippen LogP contribution is 2.06. The van der Waals surface area contributed by atoms with Crippen LogP contribution in [-0.4, -0.2) is 19.0 Å². The molecule has 0 radical (unpaired) electrons. The number of rotatable bonds is 8. The highest BCUT2D eigenvalue weighted by atomic mass is 16.1. The van der Waals surface area contributed by atoms with Crippen LogP contribution in [0.5, 0.6) is 0 Å². The minimum atomic E-state index is -0.346. The molecule has 0 saturated heterocycles. The molecule has 0 aliphatic rings. The minimum absolute atomic E-state index is 0.0952. The number of aryl methyl sites for hydroxylation is 1. The summed E-state index contributed by atoms with van der Waals surface area (Å²) in [5.41, 5.74) is 3.75. The second-order valence-electron chi connectivity index (χ2n) is 5.79. The molecule has 0 unspecified atom stereocenters. The average molecular weight is 333 g/mol. The Morgan fingerprint density at radius 3 is 2.48 bits per heavy atom. The first kappa shape index (κ1) is 18.3. The van der Waals surface area contributed by atoms with Gasteiger partial charge in [0.1, 0.15) is 11.6 Å². The van der Waals surface area contributed by atoms with Crippen molar-refractivity contribution >= 4 is 5.91 Å². The fourth-order valence-electron chi connectivity index (χ4n) is 2.48. The molecule has 0 spiro atoms. The normalized spacial score (nSPS) is 10.8. The van der Waals surface area contributed by atoms with E-state index in [2.05, 4.69) is 29.7 Å². The third kappa shape index (κ3) is 6.15. The van der Waals surface area contributed by atoms with E-state index in [1.807, 2.05) is 48.5 Å². The molecule has 0 atom stereocenters. The van der Waals surface area contributed by atoms with E-state index in [9.17, 15) is 4.79 Å². The lowest BCUT2D eigenvalue weighted by Gasteiger charge is -2.07. The molecule has 0 fully saturated rings. The predicted molar refractivity (Wildman–Crippen MR) is 99.7 cm³/mol. The maximum Gasteiger partial charge on any atom is 0.263 e. The van der Waals surface area contributed by atoms with Gasteiger partial charge >= 0.3 is 0 Å². The summed E-state index contributed by atoms with van der Waals surface area (Å²) in [6.07, 6.45) is 3.08. The Bertz CT molecular complexity index is 760. The predicted octanol–water partition coefficient (Wildman–Crippen LogP) is 2.89. The summed E-state index contributed by atoms with van der Waals surface area (Å²) in [4.78, 5) is 12.0. The first-order chi connectivity index (χ1) is 12.2. The van der Waals surface area contributed by atoms with Crippen molar-refractivity contribution in [1.29, 1.82) is 5.26 Å². The van der Waals surface area contributed by atoms with E-state index in [4.69, 9.17) is 5.26 Å². The number of nitrogens with one attached hydrogen (secondary N) is 2. The zero-order valence-corrected chi connectivity index (χ0v) is 14.5. The van der Waals surface area contributed by atoms with Crippen LogP contribution in [0.3, 0.4) is 0 Å². The summed E-state index contributed by atoms with van der Waals surface area (Å²) < 4.78 is 0. The van der Waals surface area contributed by atoms with E-state index < -0.39 is 0 Å². The van der Waals surface area contributed by atoms with Gasteiger partial charge in [-0.2, -0.15) is 5.26 Å². The van der Waals surface area contributed by atoms with Crippen molar-refractivity contribution in [2.45, 2.75) is 19.8 Å². The number of carbonyl (C=O) groups is 1. The second kappa shape index (κ2) is 9.94. The molecular weight excluding hydrogens is 310 g/mol. The lowest BCUT2D eigenvalue weighted by molar-refractivity contribution is -0.117. The molecular formula is C21H23N3O. The van der Waals surface area contributed by atoms with Gasteiger partial charge in [-0.25, -0.2) is 0 Å². The molecule has 2 aromatic carbocycles. The number of benzene rings is 2. The molecule has 4 heteroatoms. The summed E-state index contributed by atoms with van der Waals surface area (Å²) in [7, 11) is 0. The number of nitriles is 1. The molecule has 2 rings (SSSR count). The lowest BCUT2D eigenvalue weighted by atomic mass is 10.1. The Morgan fingerprint density at radius 2 is 1.76 bits per heavy atom. The van der Waals surface area contributed by atoms with E-state index in [0.717, 1.165) is 18.4 Å². The van der Waals surface area contributed by atoms with Crippen LogP contribution in [0.2, 0.25) is 0 Å². The molecule has 4 nitrogen and oxygen atoms in total. The third-order valence-electron chi connectivity index (χ3n) is 3.95. The number of hydrogen-bond acceptors (Lipinski definition) is 3. The lowest BCUT2D eigenvalue weighted by Crippen LogP contribution is -2.28. The molecule has 1 amide bonds. The van der Waals surface area contributed by atoms with Crippen LogP contribution < -0.4 is 10.6 Å². The van der Waals surface area contributed by atoms with Gasteiger partial charge in [0.2, 0.25) is 0 Å². The van der Waals surface area contributed by atoms with Crippen LogP contribution in [0.25, 0.3) is 0 Å². The van der Waals surface area contributed by atoms with Crippen molar-refractivity contribution in [1.82, 2.24) is 10.6 Å². The fourth-order valence-corrected chi connectivity index (χ4v) is 2.48. The Kier molecular flexibility index (Phi) is 7.27. The monoisotopic (exact) mass is 333 g/mol. The fraction of sp³-hybridized carbons (Fsp3) is 0.238. The summed E-state index contributed by atoms with van der Waals surface area (Å²) in [5.74, 6) is -0.346. The molecule has 25 heavy (non-hydrogen) atoms. The van der Waals surface area contributed by atoms with Crippen LogP contribution in [0, 0.1) is 18.3 Å². The molecule has 2 N–H and O–H groups in total. The second-order valence-corrected chi connectivity index (χ2v) is 5.79. The van der Waals surface area contributed by atoms with E-state index in [-0.39, 0.29) is 11.5 Å². The number of amides is 1. The van der Waals surface area contributed by atoms with E-state index >= 15 is 0 Å². The standard InChI is InChI=1S/C21H23N3O/c1-17-7-5-6-10-19(17)12-13-23-16-20(15-22)21(25)24-14-11-18-8-3-2-4-9-18/h2-10,16,23H,11-14H2,1H3,(H,24,25)/b20-16-. The minimum Gasteiger partial charge on any atom is -0.389 e. The van der Waals surface area contributed by atoms with Gasteiger partial charge in [-0.3, -0.25) is 4.79 Å². The molecule has 2 aromatic rings. The molecule has 0 bridgehead atoms. The molecule has 0 aliphatic heterocycles. The molecule has 0 aromatic heterocycles. The quantitative estimate of drug-likeness (QED) is 0.443.